The van der Waals surface area contributed by atoms with Gasteiger partial charge in [-0.05, 0) is 62.0 Å². The lowest BCUT2D eigenvalue weighted by molar-refractivity contribution is 0.277. The molecule has 13 nitrogen and oxygen atoms in total. The van der Waals surface area contributed by atoms with Gasteiger partial charge in [0.2, 0.25) is 17.7 Å². The summed E-state index contributed by atoms with van der Waals surface area (Å²) in [7, 11) is 6.24. The third-order valence-corrected chi connectivity index (χ3v) is 7.28. The number of benzene rings is 1. The average Bonchev–Trinajstić information content (AvgIpc) is 3.64. The fourth-order valence-corrected chi connectivity index (χ4v) is 4.55. The number of hydrogen-bond acceptors (Lipinski definition) is 12. The Kier molecular flexibility index (Phi) is 15.5. The number of nitrogens with one attached hydrogen (secondary N) is 1. The van der Waals surface area contributed by atoms with E-state index in [0.717, 1.165) is 16.1 Å². The monoisotopic (exact) mass is 690 g/mol. The van der Waals surface area contributed by atoms with Crippen LogP contribution in [0.2, 0.25) is 5.02 Å². The molecule has 4 heterocycles. The van der Waals surface area contributed by atoms with Gasteiger partial charge < -0.3 is 28.9 Å². The minimum atomic E-state index is -1.80. The molecule has 0 aliphatic heterocycles. The summed E-state index contributed by atoms with van der Waals surface area (Å²) < 4.78 is 31.2. The van der Waals surface area contributed by atoms with E-state index in [2.05, 4.69) is 39.8 Å². The molecule has 0 aliphatic carbocycles. The lowest BCUT2D eigenvalue weighted by Crippen LogP contribution is -2.01. The van der Waals surface area contributed by atoms with Crippen LogP contribution in [0.4, 0.5) is 0 Å². The predicted octanol–water partition coefficient (Wildman–Crippen LogP) is 6.53. The highest BCUT2D eigenvalue weighted by Gasteiger charge is 2.16. The Hall–Kier alpha value is -4.12. The number of methoxy groups -OCH3 is 3. The summed E-state index contributed by atoms with van der Waals surface area (Å²) in [6.07, 6.45) is 8.48. The first-order chi connectivity index (χ1) is 21.9. The van der Waals surface area contributed by atoms with Crippen LogP contribution in [0.15, 0.2) is 75.9 Å². The van der Waals surface area contributed by atoms with Crippen molar-refractivity contribution in [3.05, 3.63) is 82.3 Å². The molecule has 0 atom stereocenters. The van der Waals surface area contributed by atoms with Gasteiger partial charge in [-0.15, -0.1) is 20.5 Å². The number of hydrogen-bond donors (Lipinski definition) is 3. The standard InChI is InChI=1S/C15H15ClN4OS2.C11H12N4O2.2C2H6O/c1-23(2,21)10-7-8-12(17-9-10)14-18-19-15(22)20(14)13-6-4-3-5-11(13)16;1-7(12)5-10-14-15-11(17-10)8-3-4-13-9(6-8)16-2;2*1-3-2/h3-9,21H,1-2H3,(H,19,22);3-6H,12H2,1-2H3;2*1-2H3/b;7-5+;;. The number of para-hydroxylation sites is 1. The Balaban J connectivity index is 0.000000282. The zero-order valence-electron chi connectivity index (χ0n) is 26.9. The third kappa shape index (κ3) is 11.3. The molecule has 5 aromatic rings. The maximum Gasteiger partial charge on any atom is 0.248 e. The molecule has 0 saturated carbocycles. The molecule has 4 aromatic heterocycles. The molecule has 0 amide bonds. The van der Waals surface area contributed by atoms with Gasteiger partial charge in [-0.2, -0.15) is 5.10 Å². The fraction of sp³-hybridized carbons (Fsp3) is 0.267. The molecule has 0 saturated heterocycles. The first-order valence-electron chi connectivity index (χ1n) is 13.3. The average molecular weight is 691 g/mol. The van der Waals surface area contributed by atoms with Gasteiger partial charge in [0.15, 0.2) is 10.6 Å². The van der Waals surface area contributed by atoms with Gasteiger partial charge in [0.1, 0.15) is 5.69 Å². The molecular weight excluding hydrogens is 652 g/mol. The van der Waals surface area contributed by atoms with Gasteiger partial charge in [0, 0.05) is 69.1 Å². The van der Waals surface area contributed by atoms with Gasteiger partial charge in [0.05, 0.1) is 17.8 Å². The van der Waals surface area contributed by atoms with E-state index in [0.29, 0.717) is 44.7 Å². The van der Waals surface area contributed by atoms with Crippen LogP contribution in [0.1, 0.15) is 12.8 Å². The van der Waals surface area contributed by atoms with Crippen LogP contribution >= 0.6 is 34.1 Å². The number of rotatable bonds is 6. The summed E-state index contributed by atoms with van der Waals surface area (Å²) in [6, 6.07) is 14.6. The Morgan fingerprint density at radius 3 is 2.28 bits per heavy atom. The lowest BCUT2D eigenvalue weighted by atomic mass is 10.3. The Labute approximate surface area is 280 Å². The Morgan fingerprint density at radius 1 is 1.04 bits per heavy atom. The number of halogens is 1. The summed E-state index contributed by atoms with van der Waals surface area (Å²) in [6.45, 7) is 1.75. The molecule has 4 N–H and O–H groups in total. The molecule has 0 radical (unpaired) electrons. The van der Waals surface area contributed by atoms with E-state index in [-0.39, 0.29) is 0 Å². The van der Waals surface area contributed by atoms with E-state index in [4.69, 9.17) is 38.7 Å². The first-order valence-corrected chi connectivity index (χ1v) is 16.5. The Bertz CT molecular complexity index is 1730. The van der Waals surface area contributed by atoms with E-state index < -0.39 is 10.3 Å². The second kappa shape index (κ2) is 18.8. The normalized spacial score (nSPS) is 11.2. The van der Waals surface area contributed by atoms with Gasteiger partial charge in [-0.1, -0.05) is 23.7 Å². The molecule has 0 aliphatic rings. The lowest BCUT2D eigenvalue weighted by Gasteiger charge is -2.23. The van der Waals surface area contributed by atoms with Crippen LogP contribution in [-0.4, -0.2) is 87.5 Å². The minimum absolute atomic E-state index is 0.371. The van der Waals surface area contributed by atoms with Gasteiger partial charge >= 0.3 is 0 Å². The summed E-state index contributed by atoms with van der Waals surface area (Å²) in [5.74, 6) is 1.84. The van der Waals surface area contributed by atoms with Crippen LogP contribution < -0.4 is 10.5 Å². The van der Waals surface area contributed by atoms with E-state index in [1.807, 2.05) is 30.3 Å². The molecular formula is C30H39ClN8O5S2. The quantitative estimate of drug-likeness (QED) is 0.165. The minimum Gasteiger partial charge on any atom is -0.481 e. The molecule has 0 unspecified atom stereocenters. The maximum atomic E-state index is 10.1. The molecule has 16 heteroatoms. The van der Waals surface area contributed by atoms with Crippen molar-refractivity contribution in [2.75, 3.05) is 48.1 Å². The van der Waals surface area contributed by atoms with E-state index >= 15 is 0 Å². The van der Waals surface area contributed by atoms with Crippen molar-refractivity contribution in [2.24, 2.45) is 5.73 Å². The molecule has 248 valence electrons. The molecule has 5 rings (SSSR count). The topological polar surface area (TPSA) is 172 Å². The number of allylic oxidation sites excluding steroid dienone is 1. The van der Waals surface area contributed by atoms with Crippen molar-refractivity contribution in [3.63, 3.8) is 0 Å². The highest BCUT2D eigenvalue weighted by atomic mass is 35.5. The van der Waals surface area contributed by atoms with Crippen LogP contribution in [0.25, 0.3) is 34.7 Å². The van der Waals surface area contributed by atoms with E-state index in [1.54, 1.807) is 96.2 Å². The zero-order valence-corrected chi connectivity index (χ0v) is 29.3. The third-order valence-electron chi connectivity index (χ3n) is 5.29. The van der Waals surface area contributed by atoms with E-state index in [1.165, 1.54) is 0 Å². The number of aromatic nitrogens is 7. The van der Waals surface area contributed by atoms with Crippen LogP contribution in [0, 0.1) is 4.77 Å². The van der Waals surface area contributed by atoms with Gasteiger partial charge in [0.25, 0.3) is 0 Å². The van der Waals surface area contributed by atoms with Crippen molar-refractivity contribution in [1.29, 1.82) is 0 Å². The number of nitrogens with two attached hydrogens (primary N) is 1. The highest BCUT2D eigenvalue weighted by Crippen LogP contribution is 2.44. The van der Waals surface area contributed by atoms with Gasteiger partial charge in [-0.25, -0.2) is 4.98 Å². The predicted molar refractivity (Wildman–Crippen MR) is 185 cm³/mol. The molecule has 1 aromatic carbocycles. The largest absolute Gasteiger partial charge is 0.481 e. The van der Waals surface area contributed by atoms with Crippen LogP contribution in [0.5, 0.6) is 5.88 Å². The smallest absolute Gasteiger partial charge is 0.248 e. The zero-order chi connectivity index (χ0) is 34.3. The number of nitrogens with zero attached hydrogens (tertiary/aromatic N) is 6. The fourth-order valence-electron chi connectivity index (χ4n) is 3.39. The maximum absolute atomic E-state index is 10.1. The first kappa shape index (κ1) is 38.1. The summed E-state index contributed by atoms with van der Waals surface area (Å²) >= 11 is 11.6. The van der Waals surface area contributed by atoms with Gasteiger partial charge in [-0.3, -0.25) is 14.6 Å². The van der Waals surface area contributed by atoms with Crippen molar-refractivity contribution in [2.45, 2.75) is 11.8 Å². The SMILES string of the molecule is COC.COC.COc1cc(-c2nnc(/C=C(\C)N)o2)ccn1.CS(C)(O)c1ccc(-c2n[nH]c(=S)n2-c2ccccc2Cl)nc1. The summed E-state index contributed by atoms with van der Waals surface area (Å²) in [5, 5.41) is 15.4. The second-order valence-electron chi connectivity index (χ2n) is 9.53. The number of pyridine rings is 2. The number of ether oxygens (including phenoxy) is 3. The summed E-state index contributed by atoms with van der Waals surface area (Å²) in [5.41, 5.74) is 8.26. The molecule has 0 spiro atoms. The number of aromatic amines is 1. The summed E-state index contributed by atoms with van der Waals surface area (Å²) in [4.78, 5) is 9.21. The van der Waals surface area contributed by atoms with Crippen molar-refractivity contribution < 1.29 is 23.2 Å². The van der Waals surface area contributed by atoms with Crippen molar-refractivity contribution in [1.82, 2.24) is 34.9 Å². The van der Waals surface area contributed by atoms with Crippen LogP contribution in [-0.2, 0) is 9.47 Å². The molecule has 0 fully saturated rings. The molecule has 0 bridgehead atoms. The molecule has 46 heavy (non-hydrogen) atoms. The highest BCUT2D eigenvalue weighted by molar-refractivity contribution is 8.28. The van der Waals surface area contributed by atoms with Crippen LogP contribution in [0.3, 0.4) is 0 Å². The van der Waals surface area contributed by atoms with Crippen molar-refractivity contribution >= 4 is 40.2 Å². The van der Waals surface area contributed by atoms with Crippen molar-refractivity contribution in [3.8, 4) is 34.5 Å². The number of H-pyrrole nitrogens is 1. The Morgan fingerprint density at radius 2 is 1.72 bits per heavy atom. The second-order valence-corrected chi connectivity index (χ2v) is 13.3. The van der Waals surface area contributed by atoms with E-state index in [9.17, 15) is 4.55 Å².